The molecular weight excluding hydrogens is 493 g/mol. The van der Waals surface area contributed by atoms with Crippen molar-refractivity contribution in [1.82, 2.24) is 24.4 Å². The van der Waals surface area contributed by atoms with Crippen molar-refractivity contribution in [2.24, 2.45) is 5.92 Å². The predicted octanol–water partition coefficient (Wildman–Crippen LogP) is 4.58. The van der Waals surface area contributed by atoms with Gasteiger partial charge in [-0.05, 0) is 42.2 Å². The Morgan fingerprint density at radius 1 is 1.11 bits per heavy atom. The average molecular weight is 522 g/mol. The van der Waals surface area contributed by atoms with Gasteiger partial charge in [-0.25, -0.2) is 9.37 Å². The Labute approximate surface area is 220 Å². The summed E-state index contributed by atoms with van der Waals surface area (Å²) >= 11 is 6.41. The first kappa shape index (κ1) is 25.0. The molecule has 8 nitrogen and oxygen atoms in total. The highest BCUT2D eigenvalue weighted by Crippen LogP contribution is 2.30. The van der Waals surface area contributed by atoms with E-state index < -0.39 is 0 Å². The minimum atomic E-state index is -0.277. The maximum Gasteiger partial charge on any atom is 0.229 e. The monoisotopic (exact) mass is 521 g/mol. The molecule has 4 aromatic rings. The molecule has 0 unspecified atom stereocenters. The van der Waals surface area contributed by atoms with Gasteiger partial charge in [-0.15, -0.1) is 0 Å². The number of anilines is 2. The number of imidazole rings is 1. The number of benzene rings is 2. The van der Waals surface area contributed by atoms with Crippen LogP contribution in [0.1, 0.15) is 24.0 Å². The summed E-state index contributed by atoms with van der Waals surface area (Å²) in [5, 5.41) is 4.02. The van der Waals surface area contributed by atoms with Gasteiger partial charge >= 0.3 is 0 Å². The number of likely N-dealkylation sites (N-methyl/N-ethyl adjacent to an activating group) is 2. The molecule has 5 rings (SSSR count). The number of halogens is 2. The van der Waals surface area contributed by atoms with E-state index in [0.717, 1.165) is 24.0 Å². The number of rotatable bonds is 10. The molecule has 0 saturated heterocycles. The van der Waals surface area contributed by atoms with Crippen molar-refractivity contribution in [2.75, 3.05) is 37.4 Å². The van der Waals surface area contributed by atoms with Crippen LogP contribution >= 0.6 is 11.6 Å². The lowest BCUT2D eigenvalue weighted by molar-refractivity contribution is -0.131. The van der Waals surface area contributed by atoms with Gasteiger partial charge in [-0.3, -0.25) is 4.79 Å². The zero-order valence-electron chi connectivity index (χ0n) is 20.9. The number of carbonyl (C=O) groups excluding carboxylic acids is 1. The molecule has 1 saturated carbocycles. The molecule has 0 bridgehead atoms. The normalized spacial score (nSPS) is 13.1. The largest absolute Gasteiger partial charge is 0.364 e. The Hall–Kier alpha value is -3.72. The molecule has 1 N–H and O–H groups in total. The number of amides is 1. The Kier molecular flexibility index (Phi) is 7.23. The maximum absolute atomic E-state index is 13.3. The summed E-state index contributed by atoms with van der Waals surface area (Å²) in [6, 6.07) is 14.0. The molecule has 1 fully saturated rings. The maximum atomic E-state index is 13.3. The first-order valence-electron chi connectivity index (χ1n) is 12.3. The van der Waals surface area contributed by atoms with Gasteiger partial charge in [0.15, 0.2) is 17.0 Å². The van der Waals surface area contributed by atoms with Gasteiger partial charge in [-0.2, -0.15) is 9.97 Å². The molecule has 0 radical (unpaired) electrons. The Balaban J connectivity index is 1.42. The number of aromatic nitrogens is 4. The molecule has 37 heavy (non-hydrogen) atoms. The summed E-state index contributed by atoms with van der Waals surface area (Å²) in [5.74, 6) is 1.20. The van der Waals surface area contributed by atoms with Crippen LogP contribution in [-0.4, -0.2) is 57.5 Å². The van der Waals surface area contributed by atoms with Gasteiger partial charge in [0.05, 0.1) is 12.9 Å². The molecule has 1 amide bonds. The van der Waals surface area contributed by atoms with Crippen LogP contribution in [0.3, 0.4) is 0 Å². The van der Waals surface area contributed by atoms with Crippen molar-refractivity contribution < 1.29 is 9.18 Å². The topological polar surface area (TPSA) is 79.2 Å². The molecule has 0 spiro atoms. The fourth-order valence-corrected chi connectivity index (χ4v) is 4.29. The highest BCUT2D eigenvalue weighted by Gasteiger charge is 2.32. The molecule has 2 aromatic heterocycles. The number of hydrogen-bond acceptors (Lipinski definition) is 6. The van der Waals surface area contributed by atoms with Crippen LogP contribution in [0.25, 0.3) is 11.2 Å². The van der Waals surface area contributed by atoms with E-state index in [0.29, 0.717) is 54.1 Å². The van der Waals surface area contributed by atoms with Gasteiger partial charge in [0.1, 0.15) is 5.82 Å². The number of carbonyl (C=O) groups is 1. The SMILES string of the molecule is CN(CCN(C)c1nc(NCc2ccc(F)cc2)c2ncn(Cc3ccccc3Cl)c2n1)C(=O)C1CC1. The smallest absolute Gasteiger partial charge is 0.229 e. The second kappa shape index (κ2) is 10.7. The minimum absolute atomic E-state index is 0.185. The Morgan fingerprint density at radius 3 is 2.59 bits per heavy atom. The van der Waals surface area contributed by atoms with Crippen LogP contribution in [0.5, 0.6) is 0 Å². The van der Waals surface area contributed by atoms with Crippen molar-refractivity contribution in [3.8, 4) is 0 Å². The van der Waals surface area contributed by atoms with E-state index in [9.17, 15) is 9.18 Å². The number of hydrogen-bond donors (Lipinski definition) is 1. The third kappa shape index (κ3) is 5.83. The van der Waals surface area contributed by atoms with E-state index in [1.165, 1.54) is 12.1 Å². The van der Waals surface area contributed by atoms with E-state index in [1.807, 2.05) is 47.8 Å². The summed E-state index contributed by atoms with van der Waals surface area (Å²) in [6.07, 6.45) is 3.70. The molecule has 192 valence electrons. The lowest BCUT2D eigenvalue weighted by atomic mass is 10.2. The number of nitrogens with one attached hydrogen (secondary N) is 1. The minimum Gasteiger partial charge on any atom is -0.364 e. The quantitative estimate of drug-likeness (QED) is 0.329. The van der Waals surface area contributed by atoms with Crippen molar-refractivity contribution in [3.05, 3.63) is 76.8 Å². The van der Waals surface area contributed by atoms with Crippen LogP contribution in [0.15, 0.2) is 54.9 Å². The highest BCUT2D eigenvalue weighted by atomic mass is 35.5. The standard InChI is InChI=1S/C27H29ClFN7O/c1-34(26(37)19-9-10-19)13-14-35(2)27-32-24(30-15-18-7-11-21(29)12-8-18)23-25(33-27)36(17-31-23)16-20-5-3-4-6-22(20)28/h3-8,11-12,17,19H,9-10,13-16H2,1-2H3,(H,30,32,33). The fourth-order valence-electron chi connectivity index (χ4n) is 4.09. The van der Waals surface area contributed by atoms with Gasteiger partial charge in [0, 0.05) is 44.7 Å². The van der Waals surface area contributed by atoms with E-state index in [-0.39, 0.29) is 17.6 Å². The van der Waals surface area contributed by atoms with E-state index in [4.69, 9.17) is 21.6 Å². The van der Waals surface area contributed by atoms with Crippen LogP contribution < -0.4 is 10.2 Å². The van der Waals surface area contributed by atoms with Crippen LogP contribution in [0.2, 0.25) is 5.02 Å². The molecular formula is C27H29ClFN7O. The Morgan fingerprint density at radius 2 is 1.86 bits per heavy atom. The molecule has 2 heterocycles. The summed E-state index contributed by atoms with van der Waals surface area (Å²) in [5.41, 5.74) is 3.17. The second-order valence-corrected chi connectivity index (χ2v) is 9.85. The first-order valence-corrected chi connectivity index (χ1v) is 12.7. The van der Waals surface area contributed by atoms with Crippen molar-refractivity contribution >= 4 is 40.4 Å². The van der Waals surface area contributed by atoms with E-state index in [2.05, 4.69) is 10.3 Å². The van der Waals surface area contributed by atoms with Crippen molar-refractivity contribution in [3.63, 3.8) is 0 Å². The zero-order valence-corrected chi connectivity index (χ0v) is 21.6. The van der Waals surface area contributed by atoms with Gasteiger partial charge in [-0.1, -0.05) is 41.9 Å². The molecule has 0 atom stereocenters. The first-order chi connectivity index (χ1) is 17.9. The molecule has 1 aliphatic carbocycles. The van der Waals surface area contributed by atoms with Crippen molar-refractivity contribution in [2.45, 2.75) is 25.9 Å². The van der Waals surface area contributed by atoms with E-state index in [1.54, 1.807) is 23.4 Å². The number of nitrogens with zero attached hydrogens (tertiary/aromatic N) is 6. The van der Waals surface area contributed by atoms with Crippen molar-refractivity contribution in [1.29, 1.82) is 0 Å². The predicted molar refractivity (Wildman–Crippen MR) is 143 cm³/mol. The van der Waals surface area contributed by atoms with E-state index >= 15 is 0 Å². The van der Waals surface area contributed by atoms with Gasteiger partial charge in [0.25, 0.3) is 0 Å². The summed E-state index contributed by atoms with van der Waals surface area (Å²) in [4.78, 5) is 30.3. The molecule has 1 aliphatic rings. The molecule has 0 aliphatic heterocycles. The highest BCUT2D eigenvalue weighted by molar-refractivity contribution is 6.31. The second-order valence-electron chi connectivity index (χ2n) is 9.44. The lowest BCUT2D eigenvalue weighted by Gasteiger charge is -2.23. The third-order valence-corrected chi connectivity index (χ3v) is 6.91. The average Bonchev–Trinajstić information content (AvgIpc) is 3.68. The van der Waals surface area contributed by atoms with Gasteiger partial charge in [0.2, 0.25) is 11.9 Å². The summed E-state index contributed by atoms with van der Waals surface area (Å²) in [6.45, 7) is 2.11. The van der Waals surface area contributed by atoms with Crippen LogP contribution in [0, 0.1) is 11.7 Å². The van der Waals surface area contributed by atoms with Crippen LogP contribution in [0.4, 0.5) is 16.2 Å². The number of fused-ring (bicyclic) bond motifs is 1. The molecule has 2 aromatic carbocycles. The lowest BCUT2D eigenvalue weighted by Crippen LogP contribution is -2.36. The third-order valence-electron chi connectivity index (χ3n) is 6.54. The van der Waals surface area contributed by atoms with Gasteiger partial charge < -0.3 is 19.7 Å². The molecule has 10 heteroatoms. The summed E-state index contributed by atoms with van der Waals surface area (Å²) < 4.78 is 15.3. The zero-order chi connectivity index (χ0) is 25.9. The summed E-state index contributed by atoms with van der Waals surface area (Å²) in [7, 11) is 3.75. The fraction of sp³-hybridized carbons (Fsp3) is 0.333. The Bertz CT molecular complexity index is 1400. The van der Waals surface area contributed by atoms with Crippen LogP contribution in [-0.2, 0) is 17.9 Å².